The van der Waals surface area contributed by atoms with Crippen LogP contribution in [-0.2, 0) is 5.41 Å². The summed E-state index contributed by atoms with van der Waals surface area (Å²) < 4.78 is 0. The zero-order valence-corrected chi connectivity index (χ0v) is 14.7. The first-order valence-corrected chi connectivity index (χ1v) is 8.51. The predicted molar refractivity (Wildman–Crippen MR) is 103 cm³/mol. The smallest absolute Gasteiger partial charge is 0.0767 e. The Kier molecular flexibility index (Phi) is 4.71. The maximum Gasteiger partial charge on any atom is 0.0767 e. The molecule has 0 radical (unpaired) electrons. The minimum atomic E-state index is 0.146. The van der Waals surface area contributed by atoms with Crippen molar-refractivity contribution in [3.8, 4) is 0 Å². The molecule has 3 rings (SSSR count). The molecule has 0 spiro atoms. The van der Waals surface area contributed by atoms with Crippen LogP contribution in [0.1, 0.15) is 43.5 Å². The SMILES string of the molecule is CC(C)(C)c1ccc(NC(c2ccccc2)c2ccccc2)cc1. The molecule has 0 aliphatic carbocycles. The van der Waals surface area contributed by atoms with Crippen molar-refractivity contribution in [3.05, 3.63) is 102 Å². The van der Waals surface area contributed by atoms with E-state index < -0.39 is 0 Å². The van der Waals surface area contributed by atoms with Gasteiger partial charge in [0.2, 0.25) is 0 Å². The molecule has 0 saturated carbocycles. The molecule has 0 heterocycles. The van der Waals surface area contributed by atoms with Gasteiger partial charge in [-0.2, -0.15) is 0 Å². The van der Waals surface area contributed by atoms with E-state index in [0.717, 1.165) is 5.69 Å². The molecule has 24 heavy (non-hydrogen) atoms. The van der Waals surface area contributed by atoms with E-state index in [9.17, 15) is 0 Å². The molecule has 1 nitrogen and oxygen atoms in total. The van der Waals surface area contributed by atoms with Gasteiger partial charge in [-0.25, -0.2) is 0 Å². The average Bonchev–Trinajstić information content (AvgIpc) is 2.61. The molecule has 1 heteroatoms. The van der Waals surface area contributed by atoms with Crippen LogP contribution in [-0.4, -0.2) is 0 Å². The third-order valence-electron chi connectivity index (χ3n) is 4.33. The Labute approximate surface area is 145 Å². The second-order valence-electron chi connectivity index (χ2n) is 7.23. The fourth-order valence-corrected chi connectivity index (χ4v) is 2.88. The van der Waals surface area contributed by atoms with Crippen LogP contribution < -0.4 is 5.32 Å². The van der Waals surface area contributed by atoms with E-state index in [1.165, 1.54) is 16.7 Å². The Balaban J connectivity index is 1.90. The first kappa shape index (κ1) is 16.3. The fraction of sp³-hybridized carbons (Fsp3) is 0.217. The summed E-state index contributed by atoms with van der Waals surface area (Å²) in [4.78, 5) is 0. The topological polar surface area (TPSA) is 12.0 Å². The van der Waals surface area contributed by atoms with Gasteiger partial charge in [-0.05, 0) is 34.2 Å². The van der Waals surface area contributed by atoms with Crippen molar-refractivity contribution in [2.45, 2.75) is 32.2 Å². The standard InChI is InChI=1S/C23H25N/c1-23(2,3)20-14-16-21(17-15-20)24-22(18-10-6-4-7-11-18)19-12-8-5-9-13-19/h4-17,22,24H,1-3H3. The molecule has 0 aromatic heterocycles. The van der Waals surface area contributed by atoms with Crippen LogP contribution in [0.15, 0.2) is 84.9 Å². The maximum absolute atomic E-state index is 3.69. The van der Waals surface area contributed by atoms with Crippen molar-refractivity contribution >= 4 is 5.69 Å². The van der Waals surface area contributed by atoms with Gasteiger partial charge in [0.25, 0.3) is 0 Å². The molecule has 122 valence electrons. The normalized spacial score (nSPS) is 11.5. The van der Waals surface area contributed by atoms with E-state index >= 15 is 0 Å². The summed E-state index contributed by atoms with van der Waals surface area (Å²) in [5, 5.41) is 3.69. The van der Waals surface area contributed by atoms with Crippen molar-refractivity contribution in [2.75, 3.05) is 5.32 Å². The number of nitrogens with one attached hydrogen (secondary N) is 1. The average molecular weight is 315 g/mol. The zero-order chi connectivity index (χ0) is 17.0. The molecule has 3 aromatic rings. The zero-order valence-electron chi connectivity index (χ0n) is 14.7. The van der Waals surface area contributed by atoms with E-state index in [-0.39, 0.29) is 11.5 Å². The van der Waals surface area contributed by atoms with E-state index in [0.29, 0.717) is 0 Å². The molecule has 0 unspecified atom stereocenters. The van der Waals surface area contributed by atoms with Gasteiger partial charge in [-0.15, -0.1) is 0 Å². The van der Waals surface area contributed by atoms with Gasteiger partial charge in [0.1, 0.15) is 0 Å². The van der Waals surface area contributed by atoms with Crippen LogP contribution in [0.2, 0.25) is 0 Å². The minimum absolute atomic E-state index is 0.146. The van der Waals surface area contributed by atoms with E-state index in [4.69, 9.17) is 0 Å². The molecule has 0 saturated heterocycles. The minimum Gasteiger partial charge on any atom is -0.374 e. The lowest BCUT2D eigenvalue weighted by molar-refractivity contribution is 0.590. The Hall–Kier alpha value is -2.54. The van der Waals surface area contributed by atoms with Crippen LogP contribution in [0.3, 0.4) is 0 Å². The van der Waals surface area contributed by atoms with Gasteiger partial charge in [-0.1, -0.05) is 93.6 Å². The molecule has 0 aliphatic heterocycles. The highest BCUT2D eigenvalue weighted by atomic mass is 14.9. The van der Waals surface area contributed by atoms with Crippen molar-refractivity contribution in [1.82, 2.24) is 0 Å². The molecular formula is C23H25N. The summed E-state index contributed by atoms with van der Waals surface area (Å²) in [5.41, 5.74) is 5.20. The molecular weight excluding hydrogens is 290 g/mol. The second kappa shape index (κ2) is 6.92. The molecule has 3 aromatic carbocycles. The van der Waals surface area contributed by atoms with Gasteiger partial charge >= 0.3 is 0 Å². The van der Waals surface area contributed by atoms with Crippen molar-refractivity contribution < 1.29 is 0 Å². The molecule has 0 bridgehead atoms. The third-order valence-corrected chi connectivity index (χ3v) is 4.33. The molecule has 1 N–H and O–H groups in total. The van der Waals surface area contributed by atoms with Crippen LogP contribution >= 0.6 is 0 Å². The Morgan fingerprint density at radius 2 is 1.08 bits per heavy atom. The first-order valence-electron chi connectivity index (χ1n) is 8.51. The van der Waals surface area contributed by atoms with Crippen molar-refractivity contribution in [2.24, 2.45) is 0 Å². The molecule has 0 amide bonds. The third kappa shape index (κ3) is 3.86. The van der Waals surface area contributed by atoms with Crippen LogP contribution in [0.25, 0.3) is 0 Å². The van der Waals surface area contributed by atoms with Gasteiger partial charge in [0.05, 0.1) is 6.04 Å². The lowest BCUT2D eigenvalue weighted by Gasteiger charge is -2.23. The quantitative estimate of drug-likeness (QED) is 0.605. The van der Waals surface area contributed by atoms with Gasteiger partial charge < -0.3 is 5.32 Å². The van der Waals surface area contributed by atoms with Crippen LogP contribution in [0.5, 0.6) is 0 Å². The highest BCUT2D eigenvalue weighted by Crippen LogP contribution is 2.28. The second-order valence-corrected chi connectivity index (χ2v) is 7.23. The van der Waals surface area contributed by atoms with Crippen molar-refractivity contribution in [3.63, 3.8) is 0 Å². The lowest BCUT2D eigenvalue weighted by atomic mass is 9.87. The summed E-state index contributed by atoms with van der Waals surface area (Å²) in [6.45, 7) is 6.73. The highest BCUT2D eigenvalue weighted by Gasteiger charge is 2.15. The van der Waals surface area contributed by atoms with E-state index in [1.54, 1.807) is 0 Å². The maximum atomic E-state index is 3.69. The Morgan fingerprint density at radius 3 is 1.50 bits per heavy atom. The summed E-state index contributed by atoms with van der Waals surface area (Å²) >= 11 is 0. The summed E-state index contributed by atoms with van der Waals surface area (Å²) in [6.07, 6.45) is 0. The van der Waals surface area contributed by atoms with Crippen LogP contribution in [0.4, 0.5) is 5.69 Å². The van der Waals surface area contributed by atoms with Gasteiger partial charge in [0.15, 0.2) is 0 Å². The predicted octanol–water partition coefficient (Wildman–Crippen LogP) is 6.19. The van der Waals surface area contributed by atoms with Crippen molar-refractivity contribution in [1.29, 1.82) is 0 Å². The highest BCUT2D eigenvalue weighted by molar-refractivity contribution is 5.50. The summed E-state index contributed by atoms with van der Waals surface area (Å²) in [6, 6.07) is 30.1. The molecule has 0 atom stereocenters. The largest absolute Gasteiger partial charge is 0.374 e. The number of anilines is 1. The summed E-state index contributed by atoms with van der Waals surface area (Å²) in [5.74, 6) is 0. The molecule has 0 fully saturated rings. The number of rotatable bonds is 4. The monoisotopic (exact) mass is 315 g/mol. The fourth-order valence-electron chi connectivity index (χ4n) is 2.88. The van der Waals surface area contributed by atoms with Crippen LogP contribution in [0, 0.1) is 0 Å². The van der Waals surface area contributed by atoms with E-state index in [1.807, 2.05) is 0 Å². The Bertz CT molecular complexity index is 713. The van der Waals surface area contributed by atoms with E-state index in [2.05, 4.69) is 111 Å². The Morgan fingerprint density at radius 1 is 0.625 bits per heavy atom. The van der Waals surface area contributed by atoms with Gasteiger partial charge in [-0.3, -0.25) is 0 Å². The number of hydrogen-bond donors (Lipinski definition) is 1. The number of benzene rings is 3. The lowest BCUT2D eigenvalue weighted by Crippen LogP contribution is -2.13. The first-order chi connectivity index (χ1) is 11.5. The summed E-state index contributed by atoms with van der Waals surface area (Å²) in [7, 11) is 0. The molecule has 0 aliphatic rings. The number of hydrogen-bond acceptors (Lipinski definition) is 1. The van der Waals surface area contributed by atoms with Gasteiger partial charge in [0, 0.05) is 5.69 Å².